The van der Waals surface area contributed by atoms with Crippen LogP contribution in [0.5, 0.6) is 0 Å². The fourth-order valence-electron chi connectivity index (χ4n) is 1.29. The first kappa shape index (κ1) is 19.4. The zero-order valence-corrected chi connectivity index (χ0v) is 11.4. The zero-order valence-electron chi connectivity index (χ0n) is 11.4. The van der Waals surface area contributed by atoms with Crippen LogP contribution in [0, 0.1) is 0 Å². The van der Waals surface area contributed by atoms with Gasteiger partial charge in [-0.3, -0.25) is 4.79 Å². The third kappa shape index (κ3) is 6.56. The normalized spacial score (nSPS) is 13.0. The van der Waals surface area contributed by atoms with Crippen LogP contribution in [0.1, 0.15) is 12.8 Å². The van der Waals surface area contributed by atoms with Gasteiger partial charge in [-0.25, -0.2) is 13.6 Å². The third-order valence-electron chi connectivity index (χ3n) is 2.60. The summed E-state index contributed by atoms with van der Waals surface area (Å²) in [6, 6.07) is -1.53. The minimum absolute atomic E-state index is 0.00300. The van der Waals surface area contributed by atoms with Crippen molar-refractivity contribution in [3.05, 3.63) is 12.7 Å². The van der Waals surface area contributed by atoms with Gasteiger partial charge in [-0.15, -0.1) is 6.58 Å². The molecule has 0 saturated heterocycles. The second kappa shape index (κ2) is 8.60. The number of hydrogen-bond donors (Lipinski definition) is 1. The van der Waals surface area contributed by atoms with Crippen molar-refractivity contribution >= 4 is 11.9 Å². The lowest BCUT2D eigenvalue weighted by atomic mass is 10.2. The fraction of sp³-hybridized carbons (Fsp3) is 0.667. The summed E-state index contributed by atoms with van der Waals surface area (Å²) >= 11 is 0. The summed E-state index contributed by atoms with van der Waals surface area (Å²) in [6.07, 6.45) is -2.13. The molecule has 1 amide bonds. The molecule has 1 N–H and O–H groups in total. The predicted octanol–water partition coefficient (Wildman–Crippen LogP) is 1.78. The molecule has 5 nitrogen and oxygen atoms in total. The first-order chi connectivity index (χ1) is 9.63. The monoisotopic (exact) mass is 315 g/mol. The first-order valence-corrected chi connectivity index (χ1v) is 5.96. The summed E-state index contributed by atoms with van der Waals surface area (Å²) in [6.45, 7) is 0.966. The average molecular weight is 315 g/mol. The van der Waals surface area contributed by atoms with E-state index in [-0.39, 0.29) is 6.42 Å². The summed E-state index contributed by atoms with van der Waals surface area (Å²) in [4.78, 5) is 23.4. The van der Waals surface area contributed by atoms with E-state index in [0.717, 1.165) is 4.90 Å². The SMILES string of the molecule is C=CCCC(=O)N(C)[C@@H](COCC(F)(F)C(F)F)C(=O)O. The van der Waals surface area contributed by atoms with E-state index in [2.05, 4.69) is 11.3 Å². The van der Waals surface area contributed by atoms with Crippen molar-refractivity contribution in [2.45, 2.75) is 31.2 Å². The number of carbonyl (C=O) groups excluding carboxylic acids is 1. The van der Waals surface area contributed by atoms with Gasteiger partial charge in [0.15, 0.2) is 6.04 Å². The highest BCUT2D eigenvalue weighted by Gasteiger charge is 2.41. The van der Waals surface area contributed by atoms with Gasteiger partial charge in [-0.05, 0) is 6.42 Å². The quantitative estimate of drug-likeness (QED) is 0.493. The third-order valence-corrected chi connectivity index (χ3v) is 2.60. The number of carbonyl (C=O) groups is 2. The Morgan fingerprint density at radius 3 is 2.43 bits per heavy atom. The summed E-state index contributed by atoms with van der Waals surface area (Å²) in [7, 11) is 1.17. The van der Waals surface area contributed by atoms with Crippen LogP contribution in [0.15, 0.2) is 12.7 Å². The summed E-state index contributed by atoms with van der Waals surface area (Å²) in [5.74, 6) is -6.40. The molecule has 122 valence electrons. The molecule has 0 aliphatic rings. The molecule has 0 saturated carbocycles. The largest absolute Gasteiger partial charge is 0.480 e. The Morgan fingerprint density at radius 1 is 1.43 bits per heavy atom. The standard InChI is InChI=1S/C12H17F4NO4/c1-3-4-5-9(18)17(2)8(10(19)20)6-21-7-12(15,16)11(13)14/h3,8,11H,1,4-7H2,2H3,(H,19,20)/t8-/m0/s1. The molecule has 0 heterocycles. The molecular formula is C12H17F4NO4. The molecule has 0 aromatic rings. The maximum Gasteiger partial charge on any atom is 0.330 e. The highest BCUT2D eigenvalue weighted by molar-refractivity contribution is 5.83. The molecule has 21 heavy (non-hydrogen) atoms. The maximum absolute atomic E-state index is 12.6. The molecule has 0 bridgehead atoms. The van der Waals surface area contributed by atoms with Gasteiger partial charge >= 0.3 is 18.3 Å². The van der Waals surface area contributed by atoms with Crippen molar-refractivity contribution in [2.24, 2.45) is 0 Å². The Morgan fingerprint density at radius 2 is 2.00 bits per heavy atom. The lowest BCUT2D eigenvalue weighted by Gasteiger charge is -2.25. The lowest BCUT2D eigenvalue weighted by Crippen LogP contribution is -2.46. The number of amides is 1. The number of nitrogens with zero attached hydrogens (tertiary/aromatic N) is 1. The first-order valence-electron chi connectivity index (χ1n) is 5.96. The van der Waals surface area contributed by atoms with Gasteiger partial charge in [0.05, 0.1) is 6.61 Å². The molecule has 0 aromatic heterocycles. The van der Waals surface area contributed by atoms with Crippen molar-refractivity contribution in [1.29, 1.82) is 0 Å². The summed E-state index contributed by atoms with van der Waals surface area (Å²) in [5.41, 5.74) is 0. The van der Waals surface area contributed by atoms with E-state index in [1.54, 1.807) is 0 Å². The summed E-state index contributed by atoms with van der Waals surface area (Å²) in [5, 5.41) is 8.93. The van der Waals surface area contributed by atoms with Crippen molar-refractivity contribution in [3.63, 3.8) is 0 Å². The molecule has 0 unspecified atom stereocenters. The Balaban J connectivity index is 4.53. The molecule has 0 aromatic carbocycles. The molecule has 1 atom stereocenters. The highest BCUT2D eigenvalue weighted by atomic mass is 19.3. The molecule has 0 fully saturated rings. The van der Waals surface area contributed by atoms with E-state index in [4.69, 9.17) is 5.11 Å². The molecule has 9 heteroatoms. The number of carboxylic acid groups (broad SMARTS) is 1. The van der Waals surface area contributed by atoms with Gasteiger partial charge in [-0.2, -0.15) is 8.78 Å². The van der Waals surface area contributed by atoms with E-state index in [1.807, 2.05) is 0 Å². The van der Waals surface area contributed by atoms with Crippen LogP contribution in [-0.4, -0.2) is 60.5 Å². The number of halogens is 4. The van der Waals surface area contributed by atoms with Crippen LogP contribution in [-0.2, 0) is 14.3 Å². The van der Waals surface area contributed by atoms with Gasteiger partial charge in [0.2, 0.25) is 5.91 Å². The van der Waals surface area contributed by atoms with Crippen LogP contribution in [0.2, 0.25) is 0 Å². The maximum atomic E-state index is 12.6. The Labute approximate surface area is 119 Å². The number of likely N-dealkylation sites (N-methyl/N-ethyl adjacent to an activating group) is 1. The van der Waals surface area contributed by atoms with E-state index < -0.39 is 43.5 Å². The number of alkyl halides is 4. The minimum atomic E-state index is -4.37. The minimum Gasteiger partial charge on any atom is -0.480 e. The molecule has 0 aliphatic carbocycles. The number of rotatable bonds is 10. The molecule has 0 radical (unpaired) electrons. The van der Waals surface area contributed by atoms with Gasteiger partial charge in [0.25, 0.3) is 0 Å². The Hall–Kier alpha value is -1.64. The van der Waals surface area contributed by atoms with E-state index in [1.165, 1.54) is 13.1 Å². The van der Waals surface area contributed by atoms with Crippen molar-refractivity contribution < 1.29 is 37.0 Å². The second-order valence-corrected chi connectivity index (χ2v) is 4.26. The smallest absolute Gasteiger partial charge is 0.330 e. The number of carboxylic acids is 1. The number of aliphatic carboxylic acids is 1. The van der Waals surface area contributed by atoms with Crippen molar-refractivity contribution in [3.8, 4) is 0 Å². The van der Waals surface area contributed by atoms with E-state index >= 15 is 0 Å². The van der Waals surface area contributed by atoms with Gasteiger partial charge in [0.1, 0.15) is 6.61 Å². The Kier molecular flexibility index (Phi) is 7.93. The summed E-state index contributed by atoms with van der Waals surface area (Å²) < 4.78 is 53.4. The number of hydrogen-bond acceptors (Lipinski definition) is 3. The topological polar surface area (TPSA) is 66.8 Å². The van der Waals surface area contributed by atoms with Gasteiger partial charge in [-0.1, -0.05) is 6.08 Å². The van der Waals surface area contributed by atoms with E-state index in [0.29, 0.717) is 6.42 Å². The van der Waals surface area contributed by atoms with Crippen LogP contribution in [0.3, 0.4) is 0 Å². The molecular weight excluding hydrogens is 298 g/mol. The molecule has 0 aliphatic heterocycles. The number of allylic oxidation sites excluding steroid dienone is 1. The number of ether oxygens (including phenoxy) is 1. The van der Waals surface area contributed by atoms with Crippen LogP contribution in [0.25, 0.3) is 0 Å². The zero-order chi connectivity index (χ0) is 16.6. The van der Waals surface area contributed by atoms with Crippen LogP contribution in [0.4, 0.5) is 17.6 Å². The molecule has 0 rings (SSSR count). The van der Waals surface area contributed by atoms with Crippen LogP contribution < -0.4 is 0 Å². The highest BCUT2D eigenvalue weighted by Crippen LogP contribution is 2.23. The lowest BCUT2D eigenvalue weighted by molar-refractivity contribution is -0.173. The average Bonchev–Trinajstić information content (AvgIpc) is 2.39. The van der Waals surface area contributed by atoms with Gasteiger partial charge < -0.3 is 14.7 Å². The fourth-order valence-corrected chi connectivity index (χ4v) is 1.29. The predicted molar refractivity (Wildman–Crippen MR) is 65.4 cm³/mol. The second-order valence-electron chi connectivity index (χ2n) is 4.26. The van der Waals surface area contributed by atoms with Crippen molar-refractivity contribution in [1.82, 2.24) is 4.90 Å². The van der Waals surface area contributed by atoms with Crippen molar-refractivity contribution in [2.75, 3.05) is 20.3 Å². The Bertz CT molecular complexity index is 376. The molecule has 0 spiro atoms. The van der Waals surface area contributed by atoms with Crippen LogP contribution >= 0.6 is 0 Å². The van der Waals surface area contributed by atoms with E-state index in [9.17, 15) is 27.2 Å². The van der Waals surface area contributed by atoms with Gasteiger partial charge in [0, 0.05) is 13.5 Å².